The molecule has 0 atom stereocenters. The second kappa shape index (κ2) is 7.24. The van der Waals surface area contributed by atoms with Gasteiger partial charge in [-0.05, 0) is 73.2 Å². The van der Waals surface area contributed by atoms with Crippen LogP contribution >= 0.6 is 11.8 Å². The molecule has 0 aliphatic carbocycles. The van der Waals surface area contributed by atoms with Crippen LogP contribution in [-0.4, -0.2) is 26.3 Å². The second-order valence-electron chi connectivity index (χ2n) is 6.76. The Kier molecular flexibility index (Phi) is 4.77. The molecule has 0 saturated carbocycles. The summed E-state index contributed by atoms with van der Waals surface area (Å²) in [7, 11) is 0. The fraction of sp³-hybridized carbons (Fsp3) is 0.190. The van der Waals surface area contributed by atoms with Gasteiger partial charge in [-0.2, -0.15) is 0 Å². The van der Waals surface area contributed by atoms with Crippen molar-refractivity contribution in [1.82, 2.24) is 14.6 Å². The summed E-state index contributed by atoms with van der Waals surface area (Å²) in [5, 5.41) is 13.2. The molecule has 4 rings (SSSR count). The maximum Gasteiger partial charge on any atom is 0.234 e. The SMILES string of the molecule is Cc1ccc2cc(C)c3nnc(SCC(=O)Nc4ccc(F)cc4)n3c2c1C. The van der Waals surface area contributed by atoms with Gasteiger partial charge in [-0.15, -0.1) is 10.2 Å². The normalized spacial score (nSPS) is 11.3. The third-order valence-corrected chi connectivity index (χ3v) is 5.70. The van der Waals surface area contributed by atoms with E-state index in [-0.39, 0.29) is 17.5 Å². The average molecular weight is 394 g/mol. The fourth-order valence-electron chi connectivity index (χ4n) is 3.21. The van der Waals surface area contributed by atoms with Gasteiger partial charge in [0.15, 0.2) is 10.8 Å². The Morgan fingerprint density at radius 3 is 2.57 bits per heavy atom. The number of hydrogen-bond donors (Lipinski definition) is 1. The number of nitrogens with zero attached hydrogens (tertiary/aromatic N) is 3. The third-order valence-electron chi connectivity index (χ3n) is 4.78. The Morgan fingerprint density at radius 2 is 1.82 bits per heavy atom. The number of aryl methyl sites for hydroxylation is 3. The molecule has 0 spiro atoms. The van der Waals surface area contributed by atoms with Crippen LogP contribution in [0.15, 0.2) is 47.6 Å². The average Bonchev–Trinajstić information content (AvgIpc) is 3.10. The maximum absolute atomic E-state index is 13.0. The first-order valence-corrected chi connectivity index (χ1v) is 9.85. The van der Waals surface area contributed by atoms with E-state index in [4.69, 9.17) is 0 Å². The molecule has 2 aromatic carbocycles. The fourth-order valence-corrected chi connectivity index (χ4v) is 3.95. The first-order valence-electron chi connectivity index (χ1n) is 8.87. The molecule has 0 bridgehead atoms. The molecule has 0 unspecified atom stereocenters. The first kappa shape index (κ1) is 18.4. The minimum Gasteiger partial charge on any atom is -0.325 e. The Labute approximate surface area is 166 Å². The van der Waals surface area contributed by atoms with E-state index in [0.29, 0.717) is 10.8 Å². The summed E-state index contributed by atoms with van der Waals surface area (Å²) >= 11 is 1.33. The Balaban J connectivity index is 1.65. The zero-order chi connectivity index (χ0) is 19.8. The van der Waals surface area contributed by atoms with Gasteiger partial charge in [-0.25, -0.2) is 4.39 Å². The van der Waals surface area contributed by atoms with E-state index < -0.39 is 0 Å². The van der Waals surface area contributed by atoms with E-state index in [9.17, 15) is 9.18 Å². The summed E-state index contributed by atoms with van der Waals surface area (Å²) in [6, 6.07) is 12.0. The van der Waals surface area contributed by atoms with Crippen LogP contribution in [-0.2, 0) is 4.79 Å². The maximum atomic E-state index is 13.0. The lowest BCUT2D eigenvalue weighted by molar-refractivity contribution is -0.113. The van der Waals surface area contributed by atoms with E-state index >= 15 is 0 Å². The van der Waals surface area contributed by atoms with Gasteiger partial charge in [0.1, 0.15) is 5.82 Å². The zero-order valence-electron chi connectivity index (χ0n) is 15.8. The Hall–Kier alpha value is -2.93. The van der Waals surface area contributed by atoms with Crippen molar-refractivity contribution in [2.75, 3.05) is 11.1 Å². The van der Waals surface area contributed by atoms with Crippen molar-refractivity contribution in [2.24, 2.45) is 0 Å². The minimum absolute atomic E-state index is 0.179. The summed E-state index contributed by atoms with van der Waals surface area (Å²) in [5.74, 6) is -0.341. The second-order valence-corrected chi connectivity index (χ2v) is 7.70. The van der Waals surface area contributed by atoms with Crippen LogP contribution in [0.25, 0.3) is 16.6 Å². The van der Waals surface area contributed by atoms with Crippen LogP contribution in [0.1, 0.15) is 16.7 Å². The van der Waals surface area contributed by atoms with Crippen molar-refractivity contribution in [2.45, 2.75) is 25.9 Å². The number of nitrogens with one attached hydrogen (secondary N) is 1. The molecule has 0 aliphatic heterocycles. The molecule has 0 saturated heterocycles. The largest absolute Gasteiger partial charge is 0.325 e. The predicted octanol–water partition coefficient (Wildman–Crippen LogP) is 4.68. The molecule has 142 valence electrons. The van der Waals surface area contributed by atoms with Crippen molar-refractivity contribution >= 4 is 39.9 Å². The van der Waals surface area contributed by atoms with Crippen molar-refractivity contribution in [3.8, 4) is 0 Å². The zero-order valence-corrected chi connectivity index (χ0v) is 16.6. The van der Waals surface area contributed by atoms with Crippen LogP contribution in [0.5, 0.6) is 0 Å². The lowest BCUT2D eigenvalue weighted by Crippen LogP contribution is -2.14. The molecule has 1 N–H and O–H groups in total. The number of pyridine rings is 1. The van der Waals surface area contributed by atoms with E-state index in [1.165, 1.54) is 47.2 Å². The Morgan fingerprint density at radius 1 is 1.07 bits per heavy atom. The molecule has 5 nitrogen and oxygen atoms in total. The van der Waals surface area contributed by atoms with E-state index in [0.717, 1.165) is 22.1 Å². The van der Waals surface area contributed by atoms with Gasteiger partial charge in [0, 0.05) is 5.69 Å². The Bertz CT molecular complexity index is 1200. The molecule has 1 amide bonds. The lowest BCUT2D eigenvalue weighted by atomic mass is 10.0. The summed E-state index contributed by atoms with van der Waals surface area (Å²) in [5.41, 5.74) is 5.81. The van der Waals surface area contributed by atoms with E-state index in [1.807, 2.05) is 11.3 Å². The molecule has 28 heavy (non-hydrogen) atoms. The standard InChI is InChI=1S/C21H19FN4OS/c1-12-4-5-15-10-13(2)20-24-25-21(26(20)19(15)14(12)3)28-11-18(27)23-17-8-6-16(22)7-9-17/h4-10H,11H2,1-3H3,(H,23,27). The summed E-state index contributed by atoms with van der Waals surface area (Å²) in [4.78, 5) is 12.3. The molecular formula is C21H19FN4OS. The molecule has 2 aromatic heterocycles. The quantitative estimate of drug-likeness (QED) is 0.511. The van der Waals surface area contributed by atoms with Crippen molar-refractivity contribution in [3.63, 3.8) is 0 Å². The molecular weight excluding hydrogens is 375 g/mol. The number of amides is 1. The lowest BCUT2D eigenvalue weighted by Gasteiger charge is -2.11. The molecule has 4 aromatic rings. The molecule has 7 heteroatoms. The predicted molar refractivity (Wildman–Crippen MR) is 110 cm³/mol. The number of carbonyl (C=O) groups is 1. The highest BCUT2D eigenvalue weighted by Crippen LogP contribution is 2.29. The van der Waals surface area contributed by atoms with Crippen LogP contribution in [0.3, 0.4) is 0 Å². The van der Waals surface area contributed by atoms with Crippen LogP contribution in [0.4, 0.5) is 10.1 Å². The number of benzene rings is 2. The third kappa shape index (κ3) is 3.33. The van der Waals surface area contributed by atoms with E-state index in [2.05, 4.69) is 47.6 Å². The van der Waals surface area contributed by atoms with Crippen molar-refractivity contribution < 1.29 is 9.18 Å². The summed E-state index contributed by atoms with van der Waals surface area (Å²) < 4.78 is 15.0. The number of halogens is 1. The van der Waals surface area contributed by atoms with Gasteiger partial charge in [0.05, 0.1) is 11.3 Å². The van der Waals surface area contributed by atoms with Crippen molar-refractivity contribution in [3.05, 3.63) is 65.0 Å². The number of carbonyl (C=O) groups excluding carboxylic acids is 1. The first-order chi connectivity index (χ1) is 13.4. The molecule has 2 heterocycles. The number of thioether (sulfide) groups is 1. The van der Waals surface area contributed by atoms with E-state index in [1.54, 1.807) is 0 Å². The molecule has 0 radical (unpaired) electrons. The van der Waals surface area contributed by atoms with Gasteiger partial charge < -0.3 is 5.32 Å². The van der Waals surface area contributed by atoms with Crippen LogP contribution in [0.2, 0.25) is 0 Å². The minimum atomic E-state index is -0.338. The topological polar surface area (TPSA) is 59.3 Å². The smallest absolute Gasteiger partial charge is 0.234 e. The highest BCUT2D eigenvalue weighted by molar-refractivity contribution is 7.99. The van der Waals surface area contributed by atoms with Gasteiger partial charge in [-0.3, -0.25) is 9.20 Å². The monoisotopic (exact) mass is 394 g/mol. The van der Waals surface area contributed by atoms with Gasteiger partial charge in [-0.1, -0.05) is 23.9 Å². The van der Waals surface area contributed by atoms with Crippen molar-refractivity contribution in [1.29, 1.82) is 0 Å². The summed E-state index contributed by atoms with van der Waals surface area (Å²) in [6.45, 7) is 6.17. The highest BCUT2D eigenvalue weighted by atomic mass is 32.2. The van der Waals surface area contributed by atoms with Crippen LogP contribution in [0, 0.1) is 26.6 Å². The van der Waals surface area contributed by atoms with Crippen LogP contribution < -0.4 is 5.32 Å². The number of anilines is 1. The van der Waals surface area contributed by atoms with Gasteiger partial charge in [0.25, 0.3) is 0 Å². The number of fused-ring (bicyclic) bond motifs is 3. The number of hydrogen-bond acceptors (Lipinski definition) is 4. The molecule has 0 aliphatic rings. The van der Waals surface area contributed by atoms with Gasteiger partial charge in [0.2, 0.25) is 5.91 Å². The van der Waals surface area contributed by atoms with Gasteiger partial charge >= 0.3 is 0 Å². The molecule has 0 fully saturated rings. The highest BCUT2D eigenvalue weighted by Gasteiger charge is 2.15. The number of aromatic nitrogens is 3. The summed E-state index contributed by atoms with van der Waals surface area (Å²) in [6.07, 6.45) is 0. The number of rotatable bonds is 4.